The number of nitrogens with one attached hydrogen (secondary N) is 1. The summed E-state index contributed by atoms with van der Waals surface area (Å²) in [6.45, 7) is 0. The van der Waals surface area contributed by atoms with Crippen molar-refractivity contribution >= 4 is 29.0 Å². The van der Waals surface area contributed by atoms with Crippen molar-refractivity contribution < 1.29 is 4.39 Å². The summed E-state index contributed by atoms with van der Waals surface area (Å²) in [5.74, 6) is 0.286. The van der Waals surface area contributed by atoms with Gasteiger partial charge in [-0.2, -0.15) is 9.61 Å². The van der Waals surface area contributed by atoms with Gasteiger partial charge < -0.3 is 0 Å². The third kappa shape index (κ3) is 3.36. The summed E-state index contributed by atoms with van der Waals surface area (Å²) in [6, 6.07) is 13.5. The summed E-state index contributed by atoms with van der Waals surface area (Å²) in [5.41, 5.74) is 2.48. The second kappa shape index (κ2) is 6.93. The summed E-state index contributed by atoms with van der Waals surface area (Å²) in [7, 11) is 0. The van der Waals surface area contributed by atoms with Crippen molar-refractivity contribution in [1.82, 2.24) is 19.6 Å². The summed E-state index contributed by atoms with van der Waals surface area (Å²) >= 11 is 7.39. The zero-order chi connectivity index (χ0) is 18.1. The van der Waals surface area contributed by atoms with E-state index in [1.165, 1.54) is 28.4 Å². The average Bonchev–Trinajstić information content (AvgIpc) is 3.05. The van der Waals surface area contributed by atoms with Gasteiger partial charge in [0.05, 0.1) is 6.20 Å². The van der Waals surface area contributed by atoms with Crippen LogP contribution in [0.15, 0.2) is 64.7 Å². The molecule has 26 heavy (non-hydrogen) atoms. The highest BCUT2D eigenvalue weighted by Gasteiger charge is 2.12. The van der Waals surface area contributed by atoms with Crippen LogP contribution in [0.4, 0.5) is 4.39 Å². The van der Waals surface area contributed by atoms with Crippen LogP contribution in [0.2, 0.25) is 5.02 Å². The van der Waals surface area contributed by atoms with E-state index in [0.29, 0.717) is 27.1 Å². The van der Waals surface area contributed by atoms with Crippen LogP contribution in [0.1, 0.15) is 5.56 Å². The molecule has 0 aliphatic rings. The maximum Gasteiger partial charge on any atom is 0.350 e. The van der Waals surface area contributed by atoms with Gasteiger partial charge in [0.2, 0.25) is 0 Å². The molecule has 130 valence electrons. The van der Waals surface area contributed by atoms with E-state index in [4.69, 9.17) is 11.6 Å². The molecule has 0 radical (unpaired) electrons. The van der Waals surface area contributed by atoms with Crippen molar-refractivity contribution in [2.45, 2.75) is 10.9 Å². The van der Waals surface area contributed by atoms with Crippen molar-refractivity contribution in [1.29, 1.82) is 0 Å². The number of aromatic nitrogens is 4. The van der Waals surface area contributed by atoms with Gasteiger partial charge in [-0.1, -0.05) is 47.6 Å². The summed E-state index contributed by atoms with van der Waals surface area (Å²) < 4.78 is 14.4. The van der Waals surface area contributed by atoms with Gasteiger partial charge >= 0.3 is 5.69 Å². The van der Waals surface area contributed by atoms with Crippen molar-refractivity contribution in [2.24, 2.45) is 0 Å². The Morgan fingerprint density at radius 3 is 2.77 bits per heavy atom. The van der Waals surface area contributed by atoms with E-state index < -0.39 is 0 Å². The predicted octanol–water partition coefficient (Wildman–Crippen LogP) is 4.17. The number of thioether (sulfide) groups is 1. The lowest BCUT2D eigenvalue weighted by atomic mass is 10.1. The zero-order valence-corrected chi connectivity index (χ0v) is 14.9. The fourth-order valence-electron chi connectivity index (χ4n) is 2.55. The molecule has 2 aromatic carbocycles. The van der Waals surface area contributed by atoms with Crippen LogP contribution < -0.4 is 5.69 Å². The van der Waals surface area contributed by atoms with Crippen LogP contribution in [0.5, 0.6) is 0 Å². The molecule has 0 saturated heterocycles. The predicted molar refractivity (Wildman–Crippen MR) is 100 cm³/mol. The van der Waals surface area contributed by atoms with Crippen LogP contribution in [0, 0.1) is 5.82 Å². The highest BCUT2D eigenvalue weighted by Crippen LogP contribution is 2.25. The largest absolute Gasteiger partial charge is 0.350 e. The minimum absolute atomic E-state index is 0.325. The molecule has 0 aliphatic carbocycles. The molecule has 0 fully saturated rings. The van der Waals surface area contributed by atoms with Crippen LogP contribution in [-0.4, -0.2) is 19.6 Å². The van der Waals surface area contributed by atoms with E-state index in [2.05, 4.69) is 15.1 Å². The van der Waals surface area contributed by atoms with E-state index in [-0.39, 0.29) is 11.5 Å². The van der Waals surface area contributed by atoms with Crippen LogP contribution >= 0.6 is 23.4 Å². The lowest BCUT2D eigenvalue weighted by Crippen LogP contribution is -2.19. The van der Waals surface area contributed by atoms with E-state index >= 15 is 0 Å². The summed E-state index contributed by atoms with van der Waals surface area (Å²) in [6.07, 6.45) is 1.55. The number of aromatic amines is 1. The number of halogens is 2. The van der Waals surface area contributed by atoms with E-state index in [1.54, 1.807) is 18.3 Å². The number of hydrogen-bond donors (Lipinski definition) is 1. The number of fused-ring (bicyclic) bond motifs is 1. The monoisotopic (exact) mass is 386 g/mol. The van der Waals surface area contributed by atoms with E-state index in [0.717, 1.165) is 11.1 Å². The molecular weight excluding hydrogens is 375 g/mol. The average molecular weight is 387 g/mol. The van der Waals surface area contributed by atoms with Gasteiger partial charge in [-0.25, -0.2) is 14.2 Å². The molecule has 4 rings (SSSR count). The molecule has 2 aromatic heterocycles. The molecule has 0 aliphatic heterocycles. The first-order valence-electron chi connectivity index (χ1n) is 7.71. The lowest BCUT2D eigenvalue weighted by Gasteiger charge is -2.04. The van der Waals surface area contributed by atoms with Gasteiger partial charge in [0.1, 0.15) is 5.82 Å². The smallest absolute Gasteiger partial charge is 0.285 e. The summed E-state index contributed by atoms with van der Waals surface area (Å²) in [4.78, 5) is 19.5. The first-order valence-corrected chi connectivity index (χ1v) is 9.08. The maximum absolute atomic E-state index is 13.2. The van der Waals surface area contributed by atoms with E-state index in [9.17, 15) is 9.18 Å². The molecule has 0 saturated carbocycles. The molecule has 0 amide bonds. The maximum atomic E-state index is 13.2. The second-order valence-corrected chi connectivity index (χ2v) is 6.97. The molecule has 4 aromatic rings. The molecule has 0 bridgehead atoms. The van der Waals surface area contributed by atoms with Gasteiger partial charge in [-0.05, 0) is 35.4 Å². The number of benzene rings is 2. The minimum atomic E-state index is -0.378. The SMILES string of the molecule is O=c1[nH]c(SCc2cccc(Cl)c2)nc2c(-c3ccc(F)cc3)cnn12. The standard InChI is InChI=1S/C18H12ClFN4OS/c19-13-3-1-2-11(8-13)10-26-17-22-16-15(9-21-24(16)18(25)23-17)12-4-6-14(20)7-5-12/h1-9H,10H2,(H,22,23,25). The highest BCUT2D eigenvalue weighted by molar-refractivity contribution is 7.98. The molecule has 0 spiro atoms. The van der Waals surface area contributed by atoms with Gasteiger partial charge in [0, 0.05) is 16.3 Å². The number of H-pyrrole nitrogens is 1. The fraction of sp³-hybridized carbons (Fsp3) is 0.0556. The highest BCUT2D eigenvalue weighted by atomic mass is 35.5. The van der Waals surface area contributed by atoms with Crippen LogP contribution in [0.3, 0.4) is 0 Å². The van der Waals surface area contributed by atoms with Gasteiger partial charge in [-0.3, -0.25) is 4.98 Å². The zero-order valence-electron chi connectivity index (χ0n) is 13.3. The first kappa shape index (κ1) is 16.8. The third-order valence-electron chi connectivity index (χ3n) is 3.78. The number of hydrogen-bond acceptors (Lipinski definition) is 4. The molecule has 8 heteroatoms. The minimum Gasteiger partial charge on any atom is -0.285 e. The Labute approximate surface area is 156 Å². The Balaban J connectivity index is 1.69. The molecule has 0 atom stereocenters. The lowest BCUT2D eigenvalue weighted by molar-refractivity contribution is 0.628. The third-order valence-corrected chi connectivity index (χ3v) is 4.96. The first-order chi connectivity index (χ1) is 12.6. The van der Waals surface area contributed by atoms with Gasteiger partial charge in [0.15, 0.2) is 10.8 Å². The van der Waals surface area contributed by atoms with Crippen molar-refractivity contribution in [2.75, 3.05) is 0 Å². The van der Waals surface area contributed by atoms with Crippen LogP contribution in [0.25, 0.3) is 16.8 Å². The molecule has 5 nitrogen and oxygen atoms in total. The molecule has 2 heterocycles. The molecular formula is C18H12ClFN4OS. The van der Waals surface area contributed by atoms with Gasteiger partial charge in [0.25, 0.3) is 0 Å². The van der Waals surface area contributed by atoms with Crippen LogP contribution in [-0.2, 0) is 5.75 Å². The number of nitrogens with zero attached hydrogens (tertiary/aromatic N) is 3. The topological polar surface area (TPSA) is 63.0 Å². The van der Waals surface area contributed by atoms with E-state index in [1.807, 2.05) is 24.3 Å². The molecule has 1 N–H and O–H groups in total. The quantitative estimate of drug-likeness (QED) is 0.535. The van der Waals surface area contributed by atoms with Crippen molar-refractivity contribution in [3.8, 4) is 11.1 Å². The Hall–Kier alpha value is -2.64. The van der Waals surface area contributed by atoms with Gasteiger partial charge in [-0.15, -0.1) is 0 Å². The Kier molecular flexibility index (Phi) is 4.48. The fourth-order valence-corrected chi connectivity index (χ4v) is 3.55. The normalized spacial score (nSPS) is 11.2. The van der Waals surface area contributed by atoms with Crippen molar-refractivity contribution in [3.63, 3.8) is 0 Å². The molecule has 0 unspecified atom stereocenters. The Bertz CT molecular complexity index is 1140. The second-order valence-electron chi connectivity index (χ2n) is 5.57. The number of rotatable bonds is 4. The Morgan fingerprint density at radius 2 is 2.00 bits per heavy atom. The Morgan fingerprint density at radius 1 is 1.19 bits per heavy atom. The van der Waals surface area contributed by atoms with Crippen molar-refractivity contribution in [3.05, 3.63) is 81.6 Å². The summed E-state index contributed by atoms with van der Waals surface area (Å²) in [5, 5.41) is 5.22.